The molecule has 5 heteroatoms. The first-order chi connectivity index (χ1) is 8.75. The zero-order valence-corrected chi connectivity index (χ0v) is 13.4. The summed E-state index contributed by atoms with van der Waals surface area (Å²) in [6.07, 6.45) is 0.794. The Morgan fingerprint density at radius 1 is 1.26 bits per heavy atom. The van der Waals surface area contributed by atoms with Crippen LogP contribution in [0.25, 0.3) is 0 Å². The molecule has 1 aromatic rings. The lowest BCUT2D eigenvalue weighted by Crippen LogP contribution is -2.35. The molecule has 0 amide bonds. The molecule has 108 valence electrons. The highest BCUT2D eigenvalue weighted by atomic mass is 32.2. The second-order valence-electron chi connectivity index (χ2n) is 4.97. The van der Waals surface area contributed by atoms with Crippen LogP contribution in [0.5, 0.6) is 0 Å². The number of benzene rings is 1. The van der Waals surface area contributed by atoms with Gasteiger partial charge in [0.1, 0.15) is 0 Å². The van der Waals surface area contributed by atoms with E-state index in [9.17, 15) is 8.42 Å². The van der Waals surface area contributed by atoms with Crippen molar-refractivity contribution in [2.45, 2.75) is 45.1 Å². The van der Waals surface area contributed by atoms with E-state index < -0.39 is 10.0 Å². The van der Waals surface area contributed by atoms with Gasteiger partial charge in [-0.3, -0.25) is 0 Å². The van der Waals surface area contributed by atoms with Crippen molar-refractivity contribution in [1.29, 1.82) is 0 Å². The van der Waals surface area contributed by atoms with E-state index in [0.29, 0.717) is 4.90 Å². The Kier molecular flexibility index (Phi) is 4.98. The van der Waals surface area contributed by atoms with Gasteiger partial charge in [-0.2, -0.15) is 4.31 Å². The minimum absolute atomic E-state index is 0.00669. The molecule has 19 heavy (non-hydrogen) atoms. The highest BCUT2D eigenvalue weighted by Gasteiger charge is 2.27. The van der Waals surface area contributed by atoms with Crippen LogP contribution in [0.2, 0.25) is 0 Å². The monoisotopic (exact) mass is 284 g/mol. The van der Waals surface area contributed by atoms with Crippen molar-refractivity contribution in [2.75, 3.05) is 19.4 Å². The number of sulfonamides is 1. The maximum atomic E-state index is 12.7. The van der Waals surface area contributed by atoms with E-state index in [1.165, 1.54) is 4.31 Å². The number of anilines is 1. The summed E-state index contributed by atoms with van der Waals surface area (Å²) in [4.78, 5) is 0.425. The van der Waals surface area contributed by atoms with Crippen molar-refractivity contribution in [3.8, 4) is 0 Å². The van der Waals surface area contributed by atoms with Gasteiger partial charge >= 0.3 is 0 Å². The average Bonchev–Trinajstić information content (AvgIpc) is 2.35. The zero-order chi connectivity index (χ0) is 14.8. The van der Waals surface area contributed by atoms with Gasteiger partial charge in [0, 0.05) is 25.8 Å². The standard InChI is InChI=1S/C14H24N2O2S/c1-7-12(4)16(6)19(17,18)14-10(2)8-13(15-5)9-11(14)3/h8-9,12,15H,7H2,1-6H3. The fourth-order valence-electron chi connectivity index (χ4n) is 2.14. The van der Waals surface area contributed by atoms with Gasteiger partial charge in [-0.15, -0.1) is 0 Å². The summed E-state index contributed by atoms with van der Waals surface area (Å²) < 4.78 is 26.8. The molecular formula is C14H24N2O2S. The smallest absolute Gasteiger partial charge is 0.243 e. The molecule has 0 heterocycles. The summed E-state index contributed by atoms with van der Waals surface area (Å²) in [6, 6.07) is 3.72. The molecule has 1 N–H and O–H groups in total. The molecule has 1 rings (SSSR count). The molecule has 0 aromatic heterocycles. The summed E-state index contributed by atoms with van der Waals surface area (Å²) >= 11 is 0. The van der Waals surface area contributed by atoms with E-state index in [0.717, 1.165) is 23.2 Å². The van der Waals surface area contributed by atoms with Gasteiger partial charge in [0.2, 0.25) is 10.0 Å². The van der Waals surface area contributed by atoms with Gasteiger partial charge in [0.25, 0.3) is 0 Å². The molecule has 1 unspecified atom stereocenters. The molecule has 0 bridgehead atoms. The fraction of sp³-hybridized carbons (Fsp3) is 0.571. The summed E-state index contributed by atoms with van der Waals surface area (Å²) in [5.74, 6) is 0. The van der Waals surface area contributed by atoms with Crippen molar-refractivity contribution >= 4 is 15.7 Å². The van der Waals surface area contributed by atoms with Crippen LogP contribution in [0.3, 0.4) is 0 Å². The molecule has 0 aliphatic carbocycles. The van der Waals surface area contributed by atoms with Gasteiger partial charge in [-0.25, -0.2) is 8.42 Å². The molecule has 0 fully saturated rings. The SMILES string of the molecule is CCC(C)N(C)S(=O)(=O)c1c(C)cc(NC)cc1C. The third-order valence-corrected chi connectivity index (χ3v) is 5.88. The van der Waals surface area contributed by atoms with Crippen LogP contribution in [-0.2, 0) is 10.0 Å². The molecule has 4 nitrogen and oxygen atoms in total. The highest BCUT2D eigenvalue weighted by molar-refractivity contribution is 7.89. The summed E-state index contributed by atoms with van der Waals surface area (Å²) in [7, 11) is 0.0431. The third kappa shape index (κ3) is 3.09. The van der Waals surface area contributed by atoms with Crippen molar-refractivity contribution < 1.29 is 8.42 Å². The number of hydrogen-bond acceptors (Lipinski definition) is 3. The topological polar surface area (TPSA) is 49.4 Å². The average molecular weight is 284 g/mol. The highest BCUT2D eigenvalue weighted by Crippen LogP contribution is 2.27. The molecular weight excluding hydrogens is 260 g/mol. The van der Waals surface area contributed by atoms with Crippen LogP contribution in [0.1, 0.15) is 31.4 Å². The Morgan fingerprint density at radius 3 is 2.11 bits per heavy atom. The van der Waals surface area contributed by atoms with E-state index in [-0.39, 0.29) is 6.04 Å². The summed E-state index contributed by atoms with van der Waals surface area (Å²) in [5, 5.41) is 3.04. The molecule has 0 spiro atoms. The molecule has 1 atom stereocenters. The van der Waals surface area contributed by atoms with E-state index >= 15 is 0 Å². The minimum atomic E-state index is -3.43. The van der Waals surface area contributed by atoms with Crippen LogP contribution in [-0.4, -0.2) is 32.9 Å². The second kappa shape index (κ2) is 5.92. The molecule has 1 aromatic carbocycles. The van der Waals surface area contributed by atoms with E-state index in [4.69, 9.17) is 0 Å². The minimum Gasteiger partial charge on any atom is -0.388 e. The first-order valence-corrected chi connectivity index (χ1v) is 7.96. The Bertz CT molecular complexity index is 530. The van der Waals surface area contributed by atoms with Crippen molar-refractivity contribution in [3.63, 3.8) is 0 Å². The normalized spacial score (nSPS) is 13.6. The van der Waals surface area contributed by atoms with Crippen LogP contribution in [0.15, 0.2) is 17.0 Å². The van der Waals surface area contributed by atoms with Crippen LogP contribution in [0, 0.1) is 13.8 Å². The number of rotatable bonds is 5. The number of hydrogen-bond donors (Lipinski definition) is 1. The van der Waals surface area contributed by atoms with Gasteiger partial charge in [-0.1, -0.05) is 6.92 Å². The predicted octanol–water partition coefficient (Wildman–Crippen LogP) is 2.76. The fourth-order valence-corrected chi connectivity index (χ4v) is 3.98. The Morgan fingerprint density at radius 2 is 1.74 bits per heavy atom. The lowest BCUT2D eigenvalue weighted by atomic mass is 10.1. The third-order valence-electron chi connectivity index (χ3n) is 3.60. The summed E-state index contributed by atoms with van der Waals surface area (Å²) in [6.45, 7) is 7.58. The molecule has 0 aliphatic rings. The Hall–Kier alpha value is -1.07. The van der Waals surface area contributed by atoms with Crippen molar-refractivity contribution in [2.24, 2.45) is 0 Å². The van der Waals surface area contributed by atoms with E-state index in [2.05, 4.69) is 5.32 Å². The maximum Gasteiger partial charge on any atom is 0.243 e. The van der Waals surface area contributed by atoms with Crippen LogP contribution < -0.4 is 5.32 Å². The lowest BCUT2D eigenvalue weighted by molar-refractivity contribution is 0.380. The van der Waals surface area contributed by atoms with Gasteiger partial charge in [0.05, 0.1) is 4.90 Å². The quantitative estimate of drug-likeness (QED) is 0.904. The van der Waals surface area contributed by atoms with Gasteiger partial charge in [-0.05, 0) is 50.5 Å². The van der Waals surface area contributed by atoms with E-state index in [1.807, 2.05) is 46.9 Å². The molecule has 0 saturated heterocycles. The zero-order valence-electron chi connectivity index (χ0n) is 12.6. The van der Waals surface area contributed by atoms with Crippen LogP contribution >= 0.6 is 0 Å². The Labute approximate surface area is 116 Å². The maximum absolute atomic E-state index is 12.7. The summed E-state index contributed by atoms with van der Waals surface area (Å²) in [5.41, 5.74) is 2.49. The van der Waals surface area contributed by atoms with Gasteiger partial charge < -0.3 is 5.32 Å². The van der Waals surface area contributed by atoms with Crippen molar-refractivity contribution in [3.05, 3.63) is 23.3 Å². The Balaban J connectivity index is 3.37. The van der Waals surface area contributed by atoms with Gasteiger partial charge in [0.15, 0.2) is 0 Å². The molecule has 0 radical (unpaired) electrons. The first-order valence-electron chi connectivity index (χ1n) is 6.52. The largest absolute Gasteiger partial charge is 0.388 e. The predicted molar refractivity (Wildman–Crippen MR) is 80.2 cm³/mol. The molecule has 0 saturated carbocycles. The number of aryl methyl sites for hydroxylation is 2. The van der Waals surface area contributed by atoms with Crippen LogP contribution in [0.4, 0.5) is 5.69 Å². The lowest BCUT2D eigenvalue weighted by Gasteiger charge is -2.25. The number of nitrogens with zero attached hydrogens (tertiary/aromatic N) is 1. The molecule has 0 aliphatic heterocycles. The number of nitrogens with one attached hydrogen (secondary N) is 1. The first kappa shape index (κ1) is 16.0. The van der Waals surface area contributed by atoms with Crippen molar-refractivity contribution in [1.82, 2.24) is 4.31 Å². The van der Waals surface area contributed by atoms with E-state index in [1.54, 1.807) is 7.05 Å². The second-order valence-corrected chi connectivity index (χ2v) is 6.90.